The van der Waals surface area contributed by atoms with Crippen LogP contribution in [-0.2, 0) is 4.79 Å². The summed E-state index contributed by atoms with van der Waals surface area (Å²) in [6.07, 6.45) is 5.54. The molecule has 1 aromatic carbocycles. The molecule has 1 fully saturated rings. The van der Waals surface area contributed by atoms with Gasteiger partial charge >= 0.3 is 0 Å². The molecule has 0 bridgehead atoms. The second-order valence-electron chi connectivity index (χ2n) is 7.41. The third-order valence-corrected chi connectivity index (χ3v) is 6.21. The van der Waals surface area contributed by atoms with Gasteiger partial charge in [-0.1, -0.05) is 6.07 Å². The van der Waals surface area contributed by atoms with Crippen LogP contribution >= 0.6 is 11.8 Å². The van der Waals surface area contributed by atoms with E-state index in [1.165, 1.54) is 0 Å². The zero-order chi connectivity index (χ0) is 20.4. The van der Waals surface area contributed by atoms with Gasteiger partial charge in [0, 0.05) is 29.6 Å². The van der Waals surface area contributed by atoms with E-state index < -0.39 is 0 Å². The minimum atomic E-state index is 0.0299. The first-order chi connectivity index (χ1) is 14.0. The SMILES string of the molecule is CSc1cccc(NC(=O)C2CCN(c3cnc4nc(C)c(C)nc4c3)CC2)c1. The van der Waals surface area contributed by atoms with Gasteiger partial charge in [-0.05, 0) is 57.2 Å². The molecule has 0 aliphatic carbocycles. The van der Waals surface area contributed by atoms with E-state index >= 15 is 0 Å². The van der Waals surface area contributed by atoms with Crippen molar-refractivity contribution in [1.82, 2.24) is 15.0 Å². The van der Waals surface area contributed by atoms with Gasteiger partial charge in [0.1, 0.15) is 5.52 Å². The molecule has 6 nitrogen and oxygen atoms in total. The summed E-state index contributed by atoms with van der Waals surface area (Å²) in [5.74, 6) is 0.138. The first-order valence-corrected chi connectivity index (χ1v) is 11.1. The molecule has 1 N–H and O–H groups in total. The molecular formula is C22H25N5OS. The van der Waals surface area contributed by atoms with Crippen LogP contribution in [-0.4, -0.2) is 40.2 Å². The molecule has 1 aliphatic heterocycles. The number of carbonyl (C=O) groups is 1. The van der Waals surface area contributed by atoms with E-state index in [0.29, 0.717) is 5.65 Å². The number of amides is 1. The summed E-state index contributed by atoms with van der Waals surface area (Å²) in [6, 6.07) is 10.0. The maximum atomic E-state index is 12.7. The lowest BCUT2D eigenvalue weighted by molar-refractivity contribution is -0.120. The van der Waals surface area contributed by atoms with Crippen molar-refractivity contribution in [2.45, 2.75) is 31.6 Å². The minimum Gasteiger partial charge on any atom is -0.370 e. The number of thioether (sulfide) groups is 1. The average molecular weight is 408 g/mol. The number of fused-ring (bicyclic) bond motifs is 1. The normalized spacial score (nSPS) is 14.9. The van der Waals surface area contributed by atoms with E-state index in [-0.39, 0.29) is 11.8 Å². The van der Waals surface area contributed by atoms with Crippen molar-refractivity contribution in [3.05, 3.63) is 47.9 Å². The number of piperidine rings is 1. The number of aryl methyl sites for hydroxylation is 2. The van der Waals surface area contributed by atoms with Crippen LogP contribution < -0.4 is 10.2 Å². The summed E-state index contributed by atoms with van der Waals surface area (Å²) in [7, 11) is 0. The van der Waals surface area contributed by atoms with Crippen molar-refractivity contribution in [3.8, 4) is 0 Å². The first-order valence-electron chi connectivity index (χ1n) is 9.84. The molecule has 29 heavy (non-hydrogen) atoms. The fourth-order valence-electron chi connectivity index (χ4n) is 3.62. The Balaban J connectivity index is 1.40. The third-order valence-electron chi connectivity index (χ3n) is 5.49. The zero-order valence-electron chi connectivity index (χ0n) is 17.0. The highest BCUT2D eigenvalue weighted by Gasteiger charge is 2.25. The van der Waals surface area contributed by atoms with E-state index in [1.807, 2.05) is 50.6 Å². The number of nitrogens with zero attached hydrogens (tertiary/aromatic N) is 4. The molecule has 3 aromatic rings. The van der Waals surface area contributed by atoms with Gasteiger partial charge in [-0.3, -0.25) is 4.79 Å². The number of pyridine rings is 1. The van der Waals surface area contributed by atoms with Crippen molar-refractivity contribution >= 4 is 40.2 Å². The number of benzene rings is 1. The van der Waals surface area contributed by atoms with E-state index in [0.717, 1.165) is 59.1 Å². The highest BCUT2D eigenvalue weighted by molar-refractivity contribution is 7.98. The standard InChI is InChI=1S/C22H25N5OS/c1-14-15(2)25-21-20(24-14)12-18(13-23-21)27-9-7-16(8-10-27)22(28)26-17-5-4-6-19(11-17)29-3/h4-6,11-13,16H,7-10H2,1-3H3,(H,26,28). The summed E-state index contributed by atoms with van der Waals surface area (Å²) in [4.78, 5) is 29.7. The van der Waals surface area contributed by atoms with E-state index in [1.54, 1.807) is 11.8 Å². The van der Waals surface area contributed by atoms with Gasteiger partial charge in [0.25, 0.3) is 0 Å². The first kappa shape index (κ1) is 19.6. The lowest BCUT2D eigenvalue weighted by Gasteiger charge is -2.32. The van der Waals surface area contributed by atoms with Crippen molar-refractivity contribution in [3.63, 3.8) is 0 Å². The third kappa shape index (κ3) is 4.34. The summed E-state index contributed by atoms with van der Waals surface area (Å²) < 4.78 is 0. The van der Waals surface area contributed by atoms with Gasteiger partial charge in [-0.25, -0.2) is 15.0 Å². The van der Waals surface area contributed by atoms with Crippen molar-refractivity contribution in [2.75, 3.05) is 29.6 Å². The number of hydrogen-bond donors (Lipinski definition) is 1. The van der Waals surface area contributed by atoms with Crippen LogP contribution in [0, 0.1) is 19.8 Å². The average Bonchev–Trinajstić information content (AvgIpc) is 2.74. The van der Waals surface area contributed by atoms with Crippen LogP contribution in [0.3, 0.4) is 0 Å². The summed E-state index contributed by atoms with van der Waals surface area (Å²) in [5, 5.41) is 3.08. The van der Waals surface area contributed by atoms with Gasteiger partial charge in [-0.2, -0.15) is 0 Å². The molecule has 2 aromatic heterocycles. The molecule has 1 aliphatic rings. The second kappa shape index (κ2) is 8.37. The molecule has 0 radical (unpaired) electrons. The molecule has 7 heteroatoms. The molecule has 0 saturated carbocycles. The van der Waals surface area contributed by atoms with Gasteiger partial charge in [-0.15, -0.1) is 11.8 Å². The Morgan fingerprint density at radius 1 is 1.14 bits per heavy atom. The van der Waals surface area contributed by atoms with Gasteiger partial charge in [0.2, 0.25) is 5.91 Å². The smallest absolute Gasteiger partial charge is 0.227 e. The lowest BCUT2D eigenvalue weighted by Crippen LogP contribution is -2.38. The second-order valence-corrected chi connectivity index (χ2v) is 8.29. The monoisotopic (exact) mass is 407 g/mol. The predicted molar refractivity (Wildman–Crippen MR) is 119 cm³/mol. The predicted octanol–water partition coefficient (Wildman–Crippen LogP) is 4.22. The van der Waals surface area contributed by atoms with Crippen molar-refractivity contribution < 1.29 is 4.79 Å². The van der Waals surface area contributed by atoms with Gasteiger partial charge < -0.3 is 10.2 Å². The molecule has 0 unspecified atom stereocenters. The largest absolute Gasteiger partial charge is 0.370 e. The van der Waals surface area contributed by atoms with Crippen LogP contribution in [0.2, 0.25) is 0 Å². The van der Waals surface area contributed by atoms with Gasteiger partial charge in [0.05, 0.1) is 23.3 Å². The number of carbonyl (C=O) groups excluding carboxylic acids is 1. The molecule has 0 spiro atoms. The maximum absolute atomic E-state index is 12.7. The molecule has 4 rings (SSSR count). The quantitative estimate of drug-likeness (QED) is 0.653. The molecule has 1 saturated heterocycles. The topological polar surface area (TPSA) is 71.0 Å². The number of hydrogen-bond acceptors (Lipinski definition) is 6. The Kier molecular flexibility index (Phi) is 5.67. The Morgan fingerprint density at radius 2 is 1.90 bits per heavy atom. The minimum absolute atomic E-state index is 0.0299. The highest BCUT2D eigenvalue weighted by Crippen LogP contribution is 2.26. The molecule has 3 heterocycles. The summed E-state index contributed by atoms with van der Waals surface area (Å²) >= 11 is 1.67. The number of aromatic nitrogens is 3. The fraction of sp³-hybridized carbons (Fsp3) is 0.364. The lowest BCUT2D eigenvalue weighted by atomic mass is 9.95. The highest BCUT2D eigenvalue weighted by atomic mass is 32.2. The van der Waals surface area contributed by atoms with Crippen LogP contribution in [0.4, 0.5) is 11.4 Å². The number of anilines is 2. The van der Waals surface area contributed by atoms with Gasteiger partial charge in [0.15, 0.2) is 5.65 Å². The zero-order valence-corrected chi connectivity index (χ0v) is 17.8. The van der Waals surface area contributed by atoms with Crippen LogP contribution in [0.25, 0.3) is 11.2 Å². The number of nitrogens with one attached hydrogen (secondary N) is 1. The molecule has 0 atom stereocenters. The van der Waals surface area contributed by atoms with Crippen molar-refractivity contribution in [2.24, 2.45) is 5.92 Å². The van der Waals surface area contributed by atoms with Crippen molar-refractivity contribution in [1.29, 1.82) is 0 Å². The van der Waals surface area contributed by atoms with Crippen LogP contribution in [0.5, 0.6) is 0 Å². The number of rotatable bonds is 4. The Morgan fingerprint density at radius 3 is 2.66 bits per heavy atom. The Labute approximate surface area is 175 Å². The van der Waals surface area contributed by atoms with E-state index in [2.05, 4.69) is 31.2 Å². The van der Waals surface area contributed by atoms with E-state index in [4.69, 9.17) is 0 Å². The van der Waals surface area contributed by atoms with Crippen LogP contribution in [0.1, 0.15) is 24.2 Å². The van der Waals surface area contributed by atoms with E-state index in [9.17, 15) is 4.79 Å². The Hall–Kier alpha value is -2.67. The van der Waals surface area contributed by atoms with Crippen LogP contribution in [0.15, 0.2) is 41.4 Å². The molecular weight excluding hydrogens is 382 g/mol. The summed E-state index contributed by atoms with van der Waals surface area (Å²) in [6.45, 7) is 5.57. The summed E-state index contributed by atoms with van der Waals surface area (Å²) in [5.41, 5.74) is 5.25. The fourth-order valence-corrected chi connectivity index (χ4v) is 4.08. The Bertz CT molecular complexity index is 1050. The maximum Gasteiger partial charge on any atom is 0.227 e. The molecule has 1 amide bonds. The molecule has 150 valence electrons.